The summed E-state index contributed by atoms with van der Waals surface area (Å²) in [5.74, 6) is -1.23. The summed E-state index contributed by atoms with van der Waals surface area (Å²) in [6.45, 7) is 5.48. The minimum absolute atomic E-state index is 0.0164. The second-order valence-electron chi connectivity index (χ2n) is 12.2. The lowest BCUT2D eigenvalue weighted by Crippen LogP contribution is -2.46. The van der Waals surface area contributed by atoms with Gasteiger partial charge in [0.1, 0.15) is 21.2 Å². The Labute approximate surface area is 262 Å². The van der Waals surface area contributed by atoms with Gasteiger partial charge in [-0.25, -0.2) is 22.4 Å². The van der Waals surface area contributed by atoms with Gasteiger partial charge in [-0.3, -0.25) is 5.32 Å². The smallest absolute Gasteiger partial charge is 0.412 e. The first-order chi connectivity index (χ1) is 20.8. The first-order valence-corrected chi connectivity index (χ1v) is 16.9. The van der Waals surface area contributed by atoms with E-state index in [1.54, 1.807) is 27.8 Å². The molecule has 236 valence electrons. The Morgan fingerprint density at radius 1 is 1.05 bits per heavy atom. The Bertz CT molecular complexity index is 1650. The highest BCUT2D eigenvalue weighted by atomic mass is 32.2. The van der Waals surface area contributed by atoms with Crippen LogP contribution in [0.3, 0.4) is 0 Å². The summed E-state index contributed by atoms with van der Waals surface area (Å²) in [7, 11) is -1.25. The molecule has 12 heteroatoms. The number of sulfonamides is 1. The van der Waals surface area contributed by atoms with Crippen molar-refractivity contribution in [2.45, 2.75) is 69.4 Å². The Morgan fingerprint density at radius 3 is 2.36 bits per heavy atom. The lowest BCUT2D eigenvalue weighted by Gasteiger charge is -2.36. The van der Waals surface area contributed by atoms with Crippen LogP contribution in [0.25, 0.3) is 10.4 Å². The predicted molar refractivity (Wildman–Crippen MR) is 170 cm³/mol. The number of anilines is 3. The van der Waals surface area contributed by atoms with E-state index in [1.807, 2.05) is 35.2 Å². The van der Waals surface area contributed by atoms with Crippen LogP contribution in [-0.2, 0) is 19.5 Å². The van der Waals surface area contributed by atoms with Crippen LogP contribution in [0.4, 0.5) is 26.2 Å². The first-order valence-electron chi connectivity index (χ1n) is 14.7. The maximum atomic E-state index is 16.1. The van der Waals surface area contributed by atoms with Crippen molar-refractivity contribution in [1.82, 2.24) is 4.31 Å². The molecular formula is C32H38FN3O6S2. The molecule has 2 aromatic carbocycles. The molecule has 3 aromatic rings. The van der Waals surface area contributed by atoms with Crippen LogP contribution in [0.15, 0.2) is 53.4 Å². The number of fused-ring (bicyclic) bond motifs is 1. The highest BCUT2D eigenvalue weighted by molar-refractivity contribution is 7.89. The topological polar surface area (TPSA) is 105 Å². The van der Waals surface area contributed by atoms with Gasteiger partial charge in [-0.05, 0) is 69.9 Å². The van der Waals surface area contributed by atoms with Crippen molar-refractivity contribution < 1.29 is 31.9 Å². The molecule has 0 radical (unpaired) electrons. The van der Waals surface area contributed by atoms with Gasteiger partial charge >= 0.3 is 12.1 Å². The molecule has 0 saturated heterocycles. The molecule has 1 aliphatic heterocycles. The number of thiophene rings is 1. The average Bonchev–Trinajstić information content (AvgIpc) is 3.36. The molecule has 0 unspecified atom stereocenters. The van der Waals surface area contributed by atoms with Crippen LogP contribution in [0.5, 0.6) is 0 Å². The van der Waals surface area contributed by atoms with Gasteiger partial charge in [-0.1, -0.05) is 37.5 Å². The molecule has 1 aliphatic carbocycles. The van der Waals surface area contributed by atoms with Crippen LogP contribution >= 0.6 is 11.3 Å². The number of rotatable bonds is 5. The minimum Gasteiger partial charge on any atom is -0.465 e. The van der Waals surface area contributed by atoms with E-state index in [1.165, 1.54) is 29.6 Å². The number of esters is 1. The van der Waals surface area contributed by atoms with Crippen molar-refractivity contribution in [3.63, 3.8) is 0 Å². The van der Waals surface area contributed by atoms with Crippen molar-refractivity contribution >= 4 is 50.5 Å². The fraction of sp³-hybridized carbons (Fsp3) is 0.438. The molecule has 0 bridgehead atoms. The number of halogens is 1. The Hall–Kier alpha value is -3.48. The normalized spacial score (nSPS) is 19.1. The molecule has 2 aliphatic rings. The molecular weight excluding hydrogens is 605 g/mol. The number of para-hydroxylation sites is 1. The molecule has 1 saturated carbocycles. The average molecular weight is 644 g/mol. The Balaban J connectivity index is 1.64. The molecule has 1 amide bonds. The predicted octanol–water partition coefficient (Wildman–Crippen LogP) is 7.41. The molecule has 1 aromatic heterocycles. The van der Waals surface area contributed by atoms with Crippen LogP contribution in [0.2, 0.25) is 0 Å². The number of benzene rings is 2. The molecule has 1 fully saturated rings. The van der Waals surface area contributed by atoms with Gasteiger partial charge < -0.3 is 14.4 Å². The molecule has 1 atom stereocenters. The number of hydrogen-bond donors (Lipinski definition) is 1. The first kappa shape index (κ1) is 31.9. The summed E-state index contributed by atoms with van der Waals surface area (Å²) in [4.78, 5) is 27.3. The maximum absolute atomic E-state index is 16.1. The number of methoxy groups -OCH3 is 1. The van der Waals surface area contributed by atoms with E-state index in [0.29, 0.717) is 6.54 Å². The Kier molecular flexibility index (Phi) is 9.06. The number of carbonyl (C=O) groups excluding carboxylic acids is 2. The van der Waals surface area contributed by atoms with Crippen molar-refractivity contribution in [1.29, 1.82) is 0 Å². The van der Waals surface area contributed by atoms with E-state index in [2.05, 4.69) is 5.32 Å². The van der Waals surface area contributed by atoms with Crippen LogP contribution < -0.4 is 10.2 Å². The molecule has 9 nitrogen and oxygen atoms in total. The number of carbonyl (C=O) groups is 2. The molecule has 44 heavy (non-hydrogen) atoms. The van der Waals surface area contributed by atoms with E-state index >= 15 is 4.39 Å². The lowest BCUT2D eigenvalue weighted by molar-refractivity contribution is 0.0607. The van der Waals surface area contributed by atoms with Gasteiger partial charge in [0.15, 0.2) is 0 Å². The van der Waals surface area contributed by atoms with Gasteiger partial charge in [0, 0.05) is 35.8 Å². The largest absolute Gasteiger partial charge is 0.465 e. The third-order valence-corrected chi connectivity index (χ3v) is 11.2. The number of nitrogens with zero attached hydrogens (tertiary/aromatic N) is 2. The van der Waals surface area contributed by atoms with Gasteiger partial charge in [-0.2, -0.15) is 4.31 Å². The minimum atomic E-state index is -4.06. The van der Waals surface area contributed by atoms with Crippen molar-refractivity contribution in [3.05, 3.63) is 59.2 Å². The number of nitrogens with one attached hydrogen (secondary N) is 1. The van der Waals surface area contributed by atoms with E-state index < -0.39 is 33.5 Å². The third-order valence-electron chi connectivity index (χ3n) is 8.10. The third kappa shape index (κ3) is 6.47. The summed E-state index contributed by atoms with van der Waals surface area (Å²) in [6.07, 6.45) is 4.30. The van der Waals surface area contributed by atoms with E-state index in [4.69, 9.17) is 9.47 Å². The second-order valence-corrected chi connectivity index (χ2v) is 15.2. The maximum Gasteiger partial charge on any atom is 0.412 e. The van der Waals surface area contributed by atoms with Gasteiger partial charge in [0.2, 0.25) is 10.0 Å². The quantitative estimate of drug-likeness (QED) is 0.289. The number of ether oxygens (including phenoxy) is 2. The molecule has 2 heterocycles. The number of likely N-dealkylation sites (N-methyl/N-ethyl adjacent to an activating group) is 1. The van der Waals surface area contributed by atoms with Gasteiger partial charge in [-0.15, -0.1) is 11.3 Å². The fourth-order valence-corrected chi connectivity index (χ4v) is 8.63. The van der Waals surface area contributed by atoms with E-state index in [9.17, 15) is 18.0 Å². The van der Waals surface area contributed by atoms with Crippen molar-refractivity contribution in [2.75, 3.05) is 30.9 Å². The van der Waals surface area contributed by atoms with Crippen molar-refractivity contribution in [2.24, 2.45) is 5.92 Å². The summed E-state index contributed by atoms with van der Waals surface area (Å²) in [5.41, 5.74) is 0.276. The Morgan fingerprint density at radius 2 is 1.73 bits per heavy atom. The van der Waals surface area contributed by atoms with E-state index in [0.717, 1.165) is 49.1 Å². The SMILES string of the molecule is COC(=O)c1sc(-c2cc3c(cc2F)N(c2ccccc2)C[C@@H](C2CCCCC2)N(C)S3(=O)=O)cc1NC(=O)OC(C)(C)C. The molecule has 5 rings (SSSR count). The summed E-state index contributed by atoms with van der Waals surface area (Å²) >= 11 is 0.890. The van der Waals surface area contributed by atoms with Gasteiger partial charge in [0.25, 0.3) is 0 Å². The standard InChI is InChI=1S/C32H38FN3O6S2/c1-32(2,3)42-31(38)34-24-18-27(43-29(24)30(37)41-5)22-16-28-25(17-23(22)33)36(21-14-10-7-11-15-21)19-26(35(4)44(28,39)40)20-12-8-6-9-13-20/h7,10-11,14-18,20,26H,6,8-9,12-13,19H2,1-5H3,(H,34,38)/t26-/m0/s1. The van der Waals surface area contributed by atoms with Crippen LogP contribution in [-0.4, -0.2) is 57.1 Å². The van der Waals surface area contributed by atoms with E-state index in [-0.39, 0.29) is 43.5 Å². The highest BCUT2D eigenvalue weighted by Gasteiger charge is 2.41. The summed E-state index contributed by atoms with van der Waals surface area (Å²) in [6, 6.07) is 13.1. The summed E-state index contributed by atoms with van der Waals surface area (Å²) in [5, 5.41) is 2.55. The van der Waals surface area contributed by atoms with Gasteiger partial charge in [0.05, 0.1) is 18.5 Å². The lowest BCUT2D eigenvalue weighted by atomic mass is 9.83. The number of hydrogen-bond acceptors (Lipinski definition) is 8. The van der Waals surface area contributed by atoms with Crippen LogP contribution in [0, 0.1) is 11.7 Å². The zero-order chi connectivity index (χ0) is 31.8. The van der Waals surface area contributed by atoms with Crippen molar-refractivity contribution in [3.8, 4) is 10.4 Å². The molecule has 0 spiro atoms. The van der Waals surface area contributed by atoms with Crippen LogP contribution in [0.1, 0.15) is 62.5 Å². The summed E-state index contributed by atoms with van der Waals surface area (Å²) < 4.78 is 56.4. The fourth-order valence-electron chi connectivity index (χ4n) is 5.97. The zero-order valence-electron chi connectivity index (χ0n) is 25.6. The number of amides is 1. The highest BCUT2D eigenvalue weighted by Crippen LogP contribution is 2.45. The second kappa shape index (κ2) is 12.5. The monoisotopic (exact) mass is 643 g/mol. The zero-order valence-corrected chi connectivity index (χ0v) is 27.2. The molecule has 1 N–H and O–H groups in total.